The largest absolute Gasteiger partial charge is 0.491 e. The van der Waals surface area contributed by atoms with Gasteiger partial charge in [0.2, 0.25) is 5.91 Å². The third-order valence-electron chi connectivity index (χ3n) is 3.06. The molecule has 0 saturated carbocycles. The normalized spacial score (nSPS) is 11.2. The highest BCUT2D eigenvalue weighted by atomic mass is 35.5. The molecule has 0 unspecified atom stereocenters. The molecule has 1 N–H and O–H groups in total. The number of hydrogen-bond donors (Lipinski definition) is 1. The van der Waals surface area contributed by atoms with Gasteiger partial charge in [-0.3, -0.25) is 4.79 Å². The van der Waals surface area contributed by atoms with Crippen LogP contribution in [-0.2, 0) is 11.0 Å². The molecule has 25 heavy (non-hydrogen) atoms. The number of rotatable bonds is 7. The number of para-hydroxylation sites is 2. The molecule has 0 heterocycles. The lowest BCUT2D eigenvalue weighted by molar-refractivity contribution is -0.137. The molecular weight excluding hydrogens is 375 g/mol. The van der Waals surface area contributed by atoms with Crippen molar-refractivity contribution in [2.45, 2.75) is 6.18 Å². The number of anilines is 1. The molecule has 0 radical (unpaired) electrons. The number of halogens is 4. The summed E-state index contributed by atoms with van der Waals surface area (Å²) in [4.78, 5) is 11.8. The average Bonchev–Trinajstić information content (AvgIpc) is 2.55. The van der Waals surface area contributed by atoms with E-state index >= 15 is 0 Å². The maximum absolute atomic E-state index is 12.9. The van der Waals surface area contributed by atoms with Gasteiger partial charge >= 0.3 is 6.18 Å². The van der Waals surface area contributed by atoms with E-state index in [1.165, 1.54) is 30.0 Å². The van der Waals surface area contributed by atoms with Crippen LogP contribution in [0.5, 0.6) is 5.75 Å². The third-order valence-corrected chi connectivity index (χ3v) is 4.30. The number of carbonyl (C=O) groups is 1. The Labute approximate surface area is 152 Å². The van der Waals surface area contributed by atoms with Gasteiger partial charge in [-0.1, -0.05) is 35.9 Å². The SMILES string of the molecule is O=C(CSCCOc1ccccc1Cl)Nc1ccccc1C(F)(F)F. The fraction of sp³-hybridized carbons (Fsp3) is 0.235. The summed E-state index contributed by atoms with van der Waals surface area (Å²) < 4.78 is 44.1. The summed E-state index contributed by atoms with van der Waals surface area (Å²) in [5.41, 5.74) is -1.11. The van der Waals surface area contributed by atoms with Crippen molar-refractivity contribution in [3.63, 3.8) is 0 Å². The molecule has 0 bridgehead atoms. The summed E-state index contributed by atoms with van der Waals surface area (Å²) in [6.07, 6.45) is -4.51. The van der Waals surface area contributed by atoms with Gasteiger partial charge < -0.3 is 10.1 Å². The zero-order valence-corrected chi connectivity index (χ0v) is 14.5. The molecule has 0 aromatic heterocycles. The molecule has 0 saturated heterocycles. The van der Waals surface area contributed by atoms with E-state index in [0.29, 0.717) is 23.1 Å². The molecule has 134 valence electrons. The summed E-state index contributed by atoms with van der Waals surface area (Å²) in [6, 6.07) is 11.9. The maximum atomic E-state index is 12.9. The Balaban J connectivity index is 1.76. The quantitative estimate of drug-likeness (QED) is 0.669. The minimum absolute atomic E-state index is 0.0259. The number of thioether (sulfide) groups is 1. The lowest BCUT2D eigenvalue weighted by Gasteiger charge is -2.13. The number of benzene rings is 2. The van der Waals surface area contributed by atoms with Crippen molar-refractivity contribution in [3.8, 4) is 5.75 Å². The number of nitrogens with one attached hydrogen (secondary N) is 1. The highest BCUT2D eigenvalue weighted by Crippen LogP contribution is 2.34. The molecule has 2 aromatic rings. The third kappa shape index (κ3) is 6.17. The fourth-order valence-electron chi connectivity index (χ4n) is 1.96. The van der Waals surface area contributed by atoms with E-state index in [2.05, 4.69) is 5.32 Å². The van der Waals surface area contributed by atoms with Gasteiger partial charge in [-0.15, -0.1) is 11.8 Å². The maximum Gasteiger partial charge on any atom is 0.418 e. The molecule has 2 aromatic carbocycles. The second-order valence-corrected chi connectivity index (χ2v) is 6.44. The summed E-state index contributed by atoms with van der Waals surface area (Å²) in [6.45, 7) is 0.334. The lowest BCUT2D eigenvalue weighted by atomic mass is 10.1. The highest BCUT2D eigenvalue weighted by Gasteiger charge is 2.33. The topological polar surface area (TPSA) is 38.3 Å². The van der Waals surface area contributed by atoms with Gasteiger partial charge in [-0.2, -0.15) is 13.2 Å². The molecule has 2 rings (SSSR count). The van der Waals surface area contributed by atoms with Gasteiger partial charge in [0.25, 0.3) is 0 Å². The van der Waals surface area contributed by atoms with Crippen molar-refractivity contribution in [2.75, 3.05) is 23.4 Å². The van der Waals surface area contributed by atoms with Gasteiger partial charge in [0.15, 0.2) is 0 Å². The van der Waals surface area contributed by atoms with Crippen LogP contribution in [0.3, 0.4) is 0 Å². The van der Waals surface area contributed by atoms with Gasteiger partial charge in [0.05, 0.1) is 28.6 Å². The highest BCUT2D eigenvalue weighted by molar-refractivity contribution is 7.99. The van der Waals surface area contributed by atoms with Crippen molar-refractivity contribution >= 4 is 35.0 Å². The fourth-order valence-corrected chi connectivity index (χ4v) is 2.76. The first-order chi connectivity index (χ1) is 11.9. The van der Waals surface area contributed by atoms with E-state index in [1.807, 2.05) is 0 Å². The summed E-state index contributed by atoms with van der Waals surface area (Å²) in [5, 5.41) is 2.79. The van der Waals surface area contributed by atoms with Crippen LogP contribution in [0.2, 0.25) is 5.02 Å². The number of amides is 1. The average molecular weight is 390 g/mol. The summed E-state index contributed by atoms with van der Waals surface area (Å²) in [7, 11) is 0. The Hall–Kier alpha value is -1.86. The van der Waals surface area contributed by atoms with E-state index in [0.717, 1.165) is 6.07 Å². The van der Waals surface area contributed by atoms with Crippen LogP contribution in [-0.4, -0.2) is 24.0 Å². The predicted octanol–water partition coefficient (Wildman–Crippen LogP) is 5.11. The van der Waals surface area contributed by atoms with E-state index in [1.54, 1.807) is 24.3 Å². The summed E-state index contributed by atoms with van der Waals surface area (Å²) >= 11 is 7.20. The Morgan fingerprint density at radius 3 is 2.52 bits per heavy atom. The van der Waals surface area contributed by atoms with Gasteiger partial charge in [-0.25, -0.2) is 0 Å². The molecular formula is C17H15ClF3NO2S. The molecule has 8 heteroatoms. The van der Waals surface area contributed by atoms with Crippen molar-refractivity contribution < 1.29 is 22.7 Å². The zero-order valence-electron chi connectivity index (χ0n) is 13.0. The Kier molecular flexibility index (Phi) is 7.01. The number of alkyl halides is 3. The molecule has 0 atom stereocenters. The molecule has 0 fully saturated rings. The van der Waals surface area contributed by atoms with Crippen LogP contribution in [0.25, 0.3) is 0 Å². The minimum atomic E-state index is -4.51. The van der Waals surface area contributed by atoms with Gasteiger partial charge in [0.1, 0.15) is 5.75 Å². The van der Waals surface area contributed by atoms with E-state index < -0.39 is 17.6 Å². The van der Waals surface area contributed by atoms with E-state index in [9.17, 15) is 18.0 Å². The van der Waals surface area contributed by atoms with Crippen LogP contribution in [0, 0.1) is 0 Å². The Bertz CT molecular complexity index is 725. The number of carbonyl (C=O) groups excluding carboxylic acids is 1. The molecule has 0 aliphatic heterocycles. The van der Waals surface area contributed by atoms with Crippen LogP contribution in [0.1, 0.15) is 5.56 Å². The van der Waals surface area contributed by atoms with Crippen molar-refractivity contribution in [1.29, 1.82) is 0 Å². The van der Waals surface area contributed by atoms with E-state index in [4.69, 9.17) is 16.3 Å². The molecule has 0 aliphatic carbocycles. The first kappa shape index (κ1) is 19.5. The summed E-state index contributed by atoms with van der Waals surface area (Å²) in [5.74, 6) is 0.574. The van der Waals surface area contributed by atoms with E-state index in [-0.39, 0.29) is 11.4 Å². The molecule has 1 amide bonds. The van der Waals surface area contributed by atoms with Crippen molar-refractivity contribution in [3.05, 3.63) is 59.1 Å². The van der Waals surface area contributed by atoms with Crippen molar-refractivity contribution in [1.82, 2.24) is 0 Å². The number of hydrogen-bond acceptors (Lipinski definition) is 3. The molecule has 0 spiro atoms. The Morgan fingerprint density at radius 2 is 1.80 bits per heavy atom. The van der Waals surface area contributed by atoms with Gasteiger partial charge in [-0.05, 0) is 24.3 Å². The van der Waals surface area contributed by atoms with Crippen LogP contribution in [0.15, 0.2) is 48.5 Å². The standard InChI is InChI=1S/C17H15ClF3NO2S/c18-13-6-2-4-8-15(13)24-9-10-25-11-16(23)22-14-7-3-1-5-12(14)17(19,20)21/h1-8H,9-11H2,(H,22,23). The zero-order chi connectivity index (χ0) is 18.3. The number of ether oxygens (including phenoxy) is 1. The second-order valence-electron chi connectivity index (χ2n) is 4.92. The molecule has 0 aliphatic rings. The smallest absolute Gasteiger partial charge is 0.418 e. The second kappa shape index (κ2) is 9.01. The molecule has 3 nitrogen and oxygen atoms in total. The van der Waals surface area contributed by atoms with Gasteiger partial charge in [0, 0.05) is 5.75 Å². The lowest BCUT2D eigenvalue weighted by Crippen LogP contribution is -2.18. The van der Waals surface area contributed by atoms with Crippen molar-refractivity contribution in [2.24, 2.45) is 0 Å². The first-order valence-electron chi connectivity index (χ1n) is 7.29. The van der Waals surface area contributed by atoms with Crippen LogP contribution in [0.4, 0.5) is 18.9 Å². The minimum Gasteiger partial charge on any atom is -0.491 e. The van der Waals surface area contributed by atoms with Crippen LogP contribution >= 0.6 is 23.4 Å². The Morgan fingerprint density at radius 1 is 1.12 bits per heavy atom. The predicted molar refractivity (Wildman–Crippen MR) is 94.3 cm³/mol. The first-order valence-corrected chi connectivity index (χ1v) is 8.82. The monoisotopic (exact) mass is 389 g/mol. The van der Waals surface area contributed by atoms with Crippen LogP contribution < -0.4 is 10.1 Å².